The Morgan fingerprint density at radius 3 is 2.64 bits per heavy atom. The summed E-state index contributed by atoms with van der Waals surface area (Å²) < 4.78 is 5.32. The van der Waals surface area contributed by atoms with E-state index in [0.717, 1.165) is 45.2 Å². The van der Waals surface area contributed by atoms with Gasteiger partial charge in [0.25, 0.3) is 0 Å². The van der Waals surface area contributed by atoms with Gasteiger partial charge in [0, 0.05) is 45.5 Å². The molecule has 0 aromatic heterocycles. The molecule has 22 heavy (non-hydrogen) atoms. The first-order chi connectivity index (χ1) is 10.8. The van der Waals surface area contributed by atoms with E-state index in [4.69, 9.17) is 4.74 Å². The smallest absolute Gasteiger partial charge is 0.191 e. The molecular weight excluding hydrogens is 276 g/mol. The van der Waals surface area contributed by atoms with Crippen LogP contribution in [0.2, 0.25) is 0 Å². The largest absolute Gasteiger partial charge is 0.380 e. The normalized spacial score (nSPS) is 11.3. The van der Waals surface area contributed by atoms with E-state index in [1.807, 2.05) is 13.0 Å². The molecule has 0 atom stereocenters. The molecule has 0 fully saturated rings. The fraction of sp³-hybridized carbons (Fsp3) is 0.588. The summed E-state index contributed by atoms with van der Waals surface area (Å²) >= 11 is 0. The molecule has 0 saturated heterocycles. The zero-order valence-electron chi connectivity index (χ0n) is 14.1. The zero-order chi connectivity index (χ0) is 16.0. The van der Waals surface area contributed by atoms with Crippen molar-refractivity contribution in [3.05, 3.63) is 30.3 Å². The van der Waals surface area contributed by atoms with Gasteiger partial charge in [-0.3, -0.25) is 4.99 Å². The molecule has 0 bridgehead atoms. The van der Waals surface area contributed by atoms with Gasteiger partial charge in [-0.2, -0.15) is 0 Å². The summed E-state index contributed by atoms with van der Waals surface area (Å²) in [5, 5.41) is 6.52. The Balaban J connectivity index is 2.27. The second-order valence-electron chi connectivity index (χ2n) is 5.00. The molecule has 0 saturated carbocycles. The van der Waals surface area contributed by atoms with Crippen molar-refractivity contribution in [2.45, 2.75) is 20.3 Å². The first kappa shape index (κ1) is 18.3. The second-order valence-corrected chi connectivity index (χ2v) is 5.00. The maximum atomic E-state index is 5.32. The van der Waals surface area contributed by atoms with Crippen LogP contribution >= 0.6 is 0 Å². The summed E-state index contributed by atoms with van der Waals surface area (Å²) in [6.07, 6.45) is 1.02. The summed E-state index contributed by atoms with van der Waals surface area (Å²) in [5.41, 5.74) is 1.24. The summed E-state index contributed by atoms with van der Waals surface area (Å²) in [4.78, 5) is 6.84. The third-order valence-electron chi connectivity index (χ3n) is 3.21. The molecule has 1 aromatic carbocycles. The van der Waals surface area contributed by atoms with E-state index in [-0.39, 0.29) is 0 Å². The highest BCUT2D eigenvalue weighted by Crippen LogP contribution is 2.10. The number of hydrogen-bond donors (Lipinski definition) is 2. The van der Waals surface area contributed by atoms with E-state index in [1.165, 1.54) is 5.69 Å². The first-order valence-electron chi connectivity index (χ1n) is 8.14. The predicted octanol–water partition coefficient (Wildman–Crippen LogP) is 2.10. The Hall–Kier alpha value is -1.75. The van der Waals surface area contributed by atoms with E-state index in [9.17, 15) is 0 Å². The van der Waals surface area contributed by atoms with Crippen molar-refractivity contribution in [1.29, 1.82) is 0 Å². The van der Waals surface area contributed by atoms with Crippen molar-refractivity contribution in [3.8, 4) is 0 Å². The van der Waals surface area contributed by atoms with Crippen LogP contribution in [0.4, 0.5) is 5.69 Å². The topological polar surface area (TPSA) is 48.9 Å². The van der Waals surface area contributed by atoms with E-state index in [2.05, 4.69) is 58.8 Å². The maximum absolute atomic E-state index is 5.32. The van der Waals surface area contributed by atoms with Crippen molar-refractivity contribution in [1.82, 2.24) is 10.6 Å². The Kier molecular flexibility index (Phi) is 9.87. The minimum Gasteiger partial charge on any atom is -0.380 e. The Labute approximate surface area is 134 Å². The molecule has 124 valence electrons. The summed E-state index contributed by atoms with van der Waals surface area (Å²) in [7, 11) is 2.12. The van der Waals surface area contributed by atoms with Crippen LogP contribution in [-0.2, 0) is 4.74 Å². The molecule has 5 heteroatoms. The van der Waals surface area contributed by atoms with Crippen LogP contribution in [0.15, 0.2) is 35.3 Å². The maximum Gasteiger partial charge on any atom is 0.191 e. The molecule has 0 aliphatic carbocycles. The average Bonchev–Trinajstić information content (AvgIpc) is 2.56. The SMILES string of the molecule is CCNC(=NCCCN(C)c1ccccc1)NCCOCC. The number of nitrogens with zero attached hydrogens (tertiary/aromatic N) is 2. The number of guanidine groups is 1. The lowest BCUT2D eigenvalue weighted by Gasteiger charge is -2.18. The number of rotatable bonds is 10. The minimum atomic E-state index is 0.706. The lowest BCUT2D eigenvalue weighted by Crippen LogP contribution is -2.39. The quantitative estimate of drug-likeness (QED) is 0.395. The van der Waals surface area contributed by atoms with Crippen molar-refractivity contribution in [2.75, 3.05) is 51.3 Å². The van der Waals surface area contributed by atoms with Gasteiger partial charge in [-0.05, 0) is 32.4 Å². The summed E-state index contributed by atoms with van der Waals surface area (Å²) in [6, 6.07) is 10.4. The number of nitrogens with one attached hydrogen (secondary N) is 2. The highest BCUT2D eigenvalue weighted by Gasteiger charge is 2.00. The van der Waals surface area contributed by atoms with Crippen LogP contribution in [0.25, 0.3) is 0 Å². The van der Waals surface area contributed by atoms with Gasteiger partial charge in [0.2, 0.25) is 0 Å². The Morgan fingerprint density at radius 2 is 1.95 bits per heavy atom. The van der Waals surface area contributed by atoms with Crippen LogP contribution in [0.1, 0.15) is 20.3 Å². The van der Waals surface area contributed by atoms with Crippen molar-refractivity contribution >= 4 is 11.6 Å². The van der Waals surface area contributed by atoms with Gasteiger partial charge in [0.1, 0.15) is 0 Å². The molecule has 0 aliphatic rings. The molecule has 0 spiro atoms. The molecule has 2 N–H and O–H groups in total. The highest BCUT2D eigenvalue weighted by molar-refractivity contribution is 5.79. The number of ether oxygens (including phenoxy) is 1. The lowest BCUT2D eigenvalue weighted by molar-refractivity contribution is 0.152. The molecule has 0 unspecified atom stereocenters. The standard InChI is InChI=1S/C17H30N4O/c1-4-18-17(20-13-15-22-5-2)19-12-9-14-21(3)16-10-7-6-8-11-16/h6-8,10-11H,4-5,9,12-15H2,1-3H3,(H2,18,19,20). The van der Waals surface area contributed by atoms with Gasteiger partial charge in [-0.25, -0.2) is 0 Å². The van der Waals surface area contributed by atoms with Crippen LogP contribution in [0.3, 0.4) is 0 Å². The van der Waals surface area contributed by atoms with Crippen LogP contribution in [0.5, 0.6) is 0 Å². The highest BCUT2D eigenvalue weighted by atomic mass is 16.5. The minimum absolute atomic E-state index is 0.706. The van der Waals surface area contributed by atoms with Crippen LogP contribution in [0, 0.1) is 0 Å². The van der Waals surface area contributed by atoms with Gasteiger partial charge < -0.3 is 20.3 Å². The van der Waals surface area contributed by atoms with E-state index < -0.39 is 0 Å². The van der Waals surface area contributed by atoms with Gasteiger partial charge in [0.05, 0.1) is 6.61 Å². The summed E-state index contributed by atoms with van der Waals surface area (Å²) in [6.45, 7) is 8.98. The third-order valence-corrected chi connectivity index (χ3v) is 3.21. The fourth-order valence-corrected chi connectivity index (χ4v) is 2.04. The van der Waals surface area contributed by atoms with Gasteiger partial charge >= 0.3 is 0 Å². The van der Waals surface area contributed by atoms with Gasteiger partial charge in [-0.15, -0.1) is 0 Å². The lowest BCUT2D eigenvalue weighted by atomic mass is 10.3. The molecular formula is C17H30N4O. The second kappa shape index (κ2) is 11.9. The van der Waals surface area contributed by atoms with Gasteiger partial charge in [0.15, 0.2) is 5.96 Å². The number of anilines is 1. The first-order valence-corrected chi connectivity index (χ1v) is 8.14. The molecule has 5 nitrogen and oxygen atoms in total. The molecule has 0 heterocycles. The van der Waals surface area contributed by atoms with Crippen LogP contribution < -0.4 is 15.5 Å². The average molecular weight is 306 g/mol. The Bertz CT molecular complexity index is 408. The number of benzene rings is 1. The summed E-state index contributed by atoms with van der Waals surface area (Å²) in [5.74, 6) is 0.865. The molecule has 1 aromatic rings. The molecule has 1 rings (SSSR count). The van der Waals surface area contributed by atoms with Gasteiger partial charge in [-0.1, -0.05) is 18.2 Å². The molecule has 0 amide bonds. The Morgan fingerprint density at radius 1 is 1.18 bits per heavy atom. The zero-order valence-corrected chi connectivity index (χ0v) is 14.1. The number of para-hydroxylation sites is 1. The monoisotopic (exact) mass is 306 g/mol. The molecule has 0 radical (unpaired) electrons. The number of aliphatic imine (C=N–C) groups is 1. The number of hydrogen-bond acceptors (Lipinski definition) is 3. The van der Waals surface area contributed by atoms with Crippen LogP contribution in [-0.4, -0.2) is 52.4 Å². The van der Waals surface area contributed by atoms with Crippen molar-refractivity contribution in [3.63, 3.8) is 0 Å². The third kappa shape index (κ3) is 7.88. The van der Waals surface area contributed by atoms with E-state index in [0.29, 0.717) is 6.61 Å². The predicted molar refractivity (Wildman–Crippen MR) is 94.8 cm³/mol. The fourth-order valence-electron chi connectivity index (χ4n) is 2.04. The van der Waals surface area contributed by atoms with E-state index in [1.54, 1.807) is 0 Å². The molecule has 0 aliphatic heterocycles. The van der Waals surface area contributed by atoms with E-state index >= 15 is 0 Å². The van der Waals surface area contributed by atoms with Crippen molar-refractivity contribution in [2.24, 2.45) is 4.99 Å². The van der Waals surface area contributed by atoms with Crippen molar-refractivity contribution < 1.29 is 4.74 Å².